The Morgan fingerprint density at radius 1 is 1.18 bits per heavy atom. The molecule has 0 saturated carbocycles. The number of aromatic nitrogens is 3. The van der Waals surface area contributed by atoms with Crippen LogP contribution in [0.4, 0.5) is 5.69 Å². The second kappa shape index (κ2) is 7.44. The Morgan fingerprint density at radius 2 is 1.89 bits per heavy atom. The first-order valence-electron chi connectivity index (χ1n) is 8.82. The van der Waals surface area contributed by atoms with E-state index in [1.807, 2.05) is 73.0 Å². The third-order valence-electron chi connectivity index (χ3n) is 4.59. The second-order valence-corrected chi connectivity index (χ2v) is 7.14. The number of aromatic amines is 1. The van der Waals surface area contributed by atoms with E-state index in [1.165, 1.54) is 18.7 Å². The van der Waals surface area contributed by atoms with Crippen molar-refractivity contribution in [1.82, 2.24) is 10.1 Å². The van der Waals surface area contributed by atoms with Gasteiger partial charge in [0.25, 0.3) is 6.17 Å². The van der Waals surface area contributed by atoms with Crippen molar-refractivity contribution in [3.8, 4) is 11.3 Å². The average molecular weight is 391 g/mol. The number of benzene rings is 2. The molecule has 0 fully saturated rings. The first-order chi connectivity index (χ1) is 13.6. The molecule has 2 aromatic carbocycles. The lowest BCUT2D eigenvalue weighted by Gasteiger charge is -2.29. The highest BCUT2D eigenvalue weighted by Crippen LogP contribution is 2.35. The van der Waals surface area contributed by atoms with Crippen molar-refractivity contribution in [1.29, 1.82) is 0 Å². The highest BCUT2D eigenvalue weighted by Gasteiger charge is 2.42. The fraction of sp³-hybridized carbons (Fsp3) is 0.143. The number of nitrogens with one attached hydrogen (secondary N) is 1. The van der Waals surface area contributed by atoms with Crippen LogP contribution in [0.15, 0.2) is 70.6 Å². The molecule has 0 radical (unpaired) electrons. The van der Waals surface area contributed by atoms with Gasteiger partial charge in [-0.2, -0.15) is 0 Å². The molecule has 0 unspecified atom stereocenters. The Labute approximate surface area is 166 Å². The summed E-state index contributed by atoms with van der Waals surface area (Å²) in [5.41, 5.74) is 2.59. The molecule has 0 saturated heterocycles. The summed E-state index contributed by atoms with van der Waals surface area (Å²) in [4.78, 5) is 29.9. The Balaban J connectivity index is 1.96. The van der Waals surface area contributed by atoms with E-state index in [2.05, 4.69) is 10.1 Å². The maximum atomic E-state index is 12.8. The summed E-state index contributed by atoms with van der Waals surface area (Å²) in [6.45, 7) is 1.52. The topological polar surface area (TPSA) is 69.9 Å². The number of thioether (sulfide) groups is 1. The molecule has 1 aliphatic heterocycles. The molecule has 1 aromatic heterocycles. The van der Waals surface area contributed by atoms with Crippen LogP contribution in [0.1, 0.15) is 18.7 Å². The largest absolute Gasteiger partial charge is 0.325 e. The molecule has 4 rings (SSSR count). The lowest BCUT2D eigenvalue weighted by molar-refractivity contribution is -0.761. The summed E-state index contributed by atoms with van der Waals surface area (Å²) in [6.07, 6.45) is 5.13. The van der Waals surface area contributed by atoms with Crippen LogP contribution in [-0.4, -0.2) is 22.2 Å². The van der Waals surface area contributed by atoms with Crippen molar-refractivity contribution in [2.75, 3.05) is 11.2 Å². The van der Waals surface area contributed by atoms with Crippen LogP contribution in [0.3, 0.4) is 0 Å². The van der Waals surface area contributed by atoms with E-state index < -0.39 is 6.17 Å². The number of H-pyrrole nitrogens is 1. The molecule has 7 heteroatoms. The van der Waals surface area contributed by atoms with Crippen molar-refractivity contribution in [3.05, 3.63) is 76.6 Å². The van der Waals surface area contributed by atoms with Crippen molar-refractivity contribution < 1.29 is 9.48 Å². The molecule has 0 aliphatic carbocycles. The van der Waals surface area contributed by atoms with Crippen LogP contribution in [0.25, 0.3) is 17.3 Å². The van der Waals surface area contributed by atoms with Crippen LogP contribution in [0, 0.1) is 0 Å². The van der Waals surface area contributed by atoms with Gasteiger partial charge in [-0.1, -0.05) is 60.3 Å². The predicted octanol–water partition coefficient (Wildman–Crippen LogP) is 3.02. The summed E-state index contributed by atoms with van der Waals surface area (Å²) in [5, 5.41) is 5.09. The number of carbonyl (C=O) groups is 1. The smallest absolute Gasteiger partial charge is 0.291 e. The summed E-state index contributed by atoms with van der Waals surface area (Å²) < 4.78 is 1.63. The molecule has 140 valence electrons. The number of nitrogens with zero attached hydrogens (tertiary/aromatic N) is 3. The van der Waals surface area contributed by atoms with Crippen molar-refractivity contribution in [3.63, 3.8) is 0 Å². The normalized spacial score (nSPS) is 15.4. The van der Waals surface area contributed by atoms with Crippen molar-refractivity contribution >= 4 is 29.4 Å². The molecule has 1 N–H and O–H groups in total. The minimum atomic E-state index is -0.546. The number of hydrogen-bond donors (Lipinski definition) is 1. The molecular weight excluding hydrogens is 372 g/mol. The van der Waals surface area contributed by atoms with Gasteiger partial charge in [-0.15, -0.1) is 0 Å². The van der Waals surface area contributed by atoms with Gasteiger partial charge in [-0.3, -0.25) is 14.6 Å². The van der Waals surface area contributed by atoms with E-state index in [4.69, 9.17) is 0 Å². The predicted molar refractivity (Wildman–Crippen MR) is 110 cm³/mol. The quantitative estimate of drug-likeness (QED) is 0.550. The van der Waals surface area contributed by atoms with Gasteiger partial charge in [0.1, 0.15) is 0 Å². The van der Waals surface area contributed by atoms with Gasteiger partial charge in [0.05, 0.1) is 11.3 Å². The van der Waals surface area contributed by atoms with Gasteiger partial charge in [0.2, 0.25) is 11.1 Å². The van der Waals surface area contributed by atoms with Crippen LogP contribution < -0.4 is 15.1 Å². The highest BCUT2D eigenvalue weighted by molar-refractivity contribution is 7.98. The molecule has 1 aliphatic rings. The van der Waals surface area contributed by atoms with E-state index in [0.717, 1.165) is 5.56 Å². The lowest BCUT2D eigenvalue weighted by Crippen LogP contribution is -2.59. The summed E-state index contributed by atoms with van der Waals surface area (Å²) in [6, 6.07) is 17.2. The fourth-order valence-corrected chi connectivity index (χ4v) is 3.75. The summed E-state index contributed by atoms with van der Waals surface area (Å²) in [5.74, 6) is -0.124. The minimum Gasteiger partial charge on any atom is -0.291 e. The van der Waals surface area contributed by atoms with Crippen molar-refractivity contribution in [2.24, 2.45) is 0 Å². The molecule has 1 atom stereocenters. The molecule has 0 bridgehead atoms. The average Bonchev–Trinajstić information content (AvgIpc) is 2.71. The molecule has 0 spiro atoms. The van der Waals surface area contributed by atoms with Crippen LogP contribution in [0.2, 0.25) is 0 Å². The molecule has 2 heterocycles. The Bertz CT molecular complexity index is 1120. The number of anilines is 1. The molecule has 3 aromatic rings. The second-order valence-electron chi connectivity index (χ2n) is 6.35. The highest BCUT2D eigenvalue weighted by atomic mass is 32.2. The van der Waals surface area contributed by atoms with Gasteiger partial charge < -0.3 is 0 Å². The summed E-state index contributed by atoms with van der Waals surface area (Å²) in [7, 11) is 0. The van der Waals surface area contributed by atoms with Crippen molar-refractivity contribution in [2.45, 2.75) is 18.2 Å². The van der Waals surface area contributed by atoms with Crippen LogP contribution >= 0.6 is 11.8 Å². The number of para-hydroxylation sites is 1. The van der Waals surface area contributed by atoms with Gasteiger partial charge in [0, 0.05) is 18.1 Å². The Morgan fingerprint density at radius 3 is 2.61 bits per heavy atom. The zero-order valence-electron chi connectivity index (χ0n) is 15.5. The van der Waals surface area contributed by atoms with Gasteiger partial charge in [-0.25, -0.2) is 4.90 Å². The van der Waals surface area contributed by atoms with Crippen LogP contribution in [0.5, 0.6) is 0 Å². The monoisotopic (exact) mass is 391 g/mol. The molecule has 28 heavy (non-hydrogen) atoms. The minimum absolute atomic E-state index is 0.124. The number of fused-ring (bicyclic) bond motifs is 3. The number of hydrogen-bond acceptors (Lipinski definition) is 4. The van der Waals surface area contributed by atoms with E-state index >= 15 is 0 Å². The summed E-state index contributed by atoms with van der Waals surface area (Å²) >= 11 is 1.35. The Hall–Kier alpha value is -3.19. The number of rotatable bonds is 3. The van der Waals surface area contributed by atoms with Crippen LogP contribution in [-0.2, 0) is 4.79 Å². The SMILES string of the molecule is CSc1n[n+]2c(c(=O)[nH]1)-c1ccccc1N(C(C)=O)[C@H]2/C=C/c1ccccc1. The third kappa shape index (κ3) is 3.14. The molecular formula is C21H19N4O2S+. The Kier molecular flexibility index (Phi) is 4.83. The lowest BCUT2D eigenvalue weighted by atomic mass is 10.0. The van der Waals surface area contributed by atoms with E-state index in [9.17, 15) is 9.59 Å². The standard InChI is InChI=1S/C21H18N4O2S/c1-14(26)24-17-11-7-6-10-16(17)19-20(27)22-21(28-2)23-25(19)18(24)13-12-15-8-4-3-5-9-15/h3-13,18H,1-2H3/p+1/b13-12+/t18-/m1/s1. The fourth-order valence-electron chi connectivity index (χ4n) is 3.38. The van der Waals surface area contributed by atoms with E-state index in [0.29, 0.717) is 22.1 Å². The maximum Gasteiger partial charge on any atom is 0.325 e. The zero-order valence-corrected chi connectivity index (χ0v) is 16.3. The number of carbonyl (C=O) groups excluding carboxylic acids is 1. The van der Waals surface area contributed by atoms with Gasteiger partial charge in [-0.05, 0) is 28.6 Å². The van der Waals surface area contributed by atoms with E-state index in [-0.39, 0.29) is 11.5 Å². The van der Waals surface area contributed by atoms with Gasteiger partial charge in [0.15, 0.2) is 0 Å². The number of amides is 1. The van der Waals surface area contributed by atoms with Gasteiger partial charge >= 0.3 is 11.3 Å². The maximum absolute atomic E-state index is 12.8. The first kappa shape index (κ1) is 18.2. The molecule has 6 nitrogen and oxygen atoms in total. The van der Waals surface area contributed by atoms with E-state index in [1.54, 1.807) is 9.58 Å². The zero-order chi connectivity index (χ0) is 19.7. The molecule has 1 amide bonds. The first-order valence-corrected chi connectivity index (χ1v) is 10.0. The third-order valence-corrected chi connectivity index (χ3v) is 5.16.